The van der Waals surface area contributed by atoms with Gasteiger partial charge in [0.2, 0.25) is 5.91 Å². The van der Waals surface area contributed by atoms with E-state index in [9.17, 15) is 14.4 Å². The number of halogens is 1. The normalized spacial score (nSPS) is 24.5. The first kappa shape index (κ1) is 19.0. The number of carbonyl (C=O) groups excluding carboxylic acids is 3. The van der Waals surface area contributed by atoms with E-state index in [4.69, 9.17) is 16.3 Å². The van der Waals surface area contributed by atoms with Gasteiger partial charge in [-0.2, -0.15) is 0 Å². The Kier molecular flexibility index (Phi) is 5.77. The minimum Gasteiger partial charge on any atom is -0.454 e. The largest absolute Gasteiger partial charge is 0.454 e. The summed E-state index contributed by atoms with van der Waals surface area (Å²) >= 11 is 7.42. The molecule has 2 saturated heterocycles. The Morgan fingerprint density at radius 1 is 1.38 bits per heavy atom. The van der Waals surface area contributed by atoms with Gasteiger partial charge in [-0.25, -0.2) is 4.79 Å². The zero-order valence-electron chi connectivity index (χ0n) is 14.5. The minimum atomic E-state index is -0.595. The third-order valence-corrected chi connectivity index (χ3v) is 6.47. The number of fused-ring (bicyclic) bond motifs is 1. The van der Waals surface area contributed by atoms with Crippen LogP contribution in [0.5, 0.6) is 0 Å². The highest BCUT2D eigenvalue weighted by molar-refractivity contribution is 8.01. The summed E-state index contributed by atoms with van der Waals surface area (Å²) in [7, 11) is 0. The molecule has 8 heteroatoms. The fourth-order valence-electron chi connectivity index (χ4n) is 3.28. The predicted molar refractivity (Wildman–Crippen MR) is 99.9 cm³/mol. The number of nitrogens with zero attached hydrogens (tertiary/aromatic N) is 1. The fourth-order valence-corrected chi connectivity index (χ4v) is 4.82. The number of hydrogen-bond acceptors (Lipinski definition) is 5. The standard InChI is InChI=1S/C18H21ClN2O4S/c1-18-8-6-16(23)21(18)14(11-26-18)17(24)25-10-15(22)20-9-7-12-2-4-13(19)5-3-12/h2-5,14H,6-11H2,1H3,(H,20,22)/t14-,18-/m0/s1. The quantitative estimate of drug-likeness (QED) is 0.744. The maximum absolute atomic E-state index is 12.3. The number of nitrogens with one attached hydrogen (secondary N) is 1. The molecule has 26 heavy (non-hydrogen) atoms. The molecule has 6 nitrogen and oxygen atoms in total. The zero-order chi connectivity index (χ0) is 18.7. The highest BCUT2D eigenvalue weighted by Crippen LogP contribution is 2.47. The van der Waals surface area contributed by atoms with Crippen LogP contribution in [0.15, 0.2) is 24.3 Å². The van der Waals surface area contributed by atoms with E-state index in [1.807, 2.05) is 19.1 Å². The lowest BCUT2D eigenvalue weighted by Gasteiger charge is -2.29. The smallest absolute Gasteiger partial charge is 0.330 e. The first-order chi connectivity index (χ1) is 12.4. The highest BCUT2D eigenvalue weighted by Gasteiger charge is 2.53. The number of thioether (sulfide) groups is 1. The molecule has 2 aliphatic rings. The number of esters is 1. The Balaban J connectivity index is 1.41. The van der Waals surface area contributed by atoms with Crippen LogP contribution in [0, 0.1) is 0 Å². The summed E-state index contributed by atoms with van der Waals surface area (Å²) < 4.78 is 5.13. The first-order valence-corrected chi connectivity index (χ1v) is 9.89. The second-order valence-electron chi connectivity index (χ2n) is 6.60. The Morgan fingerprint density at radius 3 is 2.85 bits per heavy atom. The second kappa shape index (κ2) is 7.88. The van der Waals surface area contributed by atoms with Gasteiger partial charge in [0, 0.05) is 23.7 Å². The molecule has 2 atom stereocenters. The van der Waals surface area contributed by atoms with Gasteiger partial charge in [-0.3, -0.25) is 9.59 Å². The molecule has 0 saturated carbocycles. The van der Waals surface area contributed by atoms with Crippen LogP contribution in [-0.2, 0) is 25.5 Å². The molecular formula is C18H21ClN2O4S. The lowest BCUT2D eigenvalue weighted by Crippen LogP contribution is -2.47. The van der Waals surface area contributed by atoms with Crippen molar-refractivity contribution in [1.82, 2.24) is 10.2 Å². The number of hydrogen-bond donors (Lipinski definition) is 1. The number of ether oxygens (including phenoxy) is 1. The van der Waals surface area contributed by atoms with Gasteiger partial charge < -0.3 is 15.0 Å². The van der Waals surface area contributed by atoms with Crippen molar-refractivity contribution >= 4 is 41.1 Å². The summed E-state index contributed by atoms with van der Waals surface area (Å²) in [6.45, 7) is 2.08. The molecule has 140 valence electrons. The Hall–Kier alpha value is -1.73. The van der Waals surface area contributed by atoms with Crippen molar-refractivity contribution in [2.24, 2.45) is 0 Å². The number of carbonyl (C=O) groups is 3. The van der Waals surface area contributed by atoms with Crippen LogP contribution in [-0.4, -0.2) is 52.5 Å². The SMILES string of the molecule is C[C@]12CCC(=O)N1[C@H](C(=O)OCC(=O)NCCc1ccc(Cl)cc1)CS2. The van der Waals surface area contributed by atoms with Crippen molar-refractivity contribution in [1.29, 1.82) is 0 Å². The number of benzene rings is 1. The molecule has 2 fully saturated rings. The van der Waals surface area contributed by atoms with E-state index in [0.717, 1.165) is 12.0 Å². The molecule has 0 aliphatic carbocycles. The van der Waals surface area contributed by atoms with E-state index in [0.29, 0.717) is 30.2 Å². The summed E-state index contributed by atoms with van der Waals surface area (Å²) in [5, 5.41) is 3.39. The summed E-state index contributed by atoms with van der Waals surface area (Å²) in [5.74, 6) is -0.371. The molecule has 1 aromatic rings. The zero-order valence-corrected chi connectivity index (χ0v) is 16.1. The van der Waals surface area contributed by atoms with Crippen LogP contribution in [0.1, 0.15) is 25.3 Å². The van der Waals surface area contributed by atoms with E-state index in [1.165, 1.54) is 0 Å². The van der Waals surface area contributed by atoms with Crippen LogP contribution < -0.4 is 5.32 Å². The van der Waals surface area contributed by atoms with E-state index >= 15 is 0 Å². The van der Waals surface area contributed by atoms with Crippen molar-refractivity contribution in [3.05, 3.63) is 34.9 Å². The van der Waals surface area contributed by atoms with Crippen molar-refractivity contribution < 1.29 is 19.1 Å². The third kappa shape index (κ3) is 4.15. The summed E-state index contributed by atoms with van der Waals surface area (Å²) in [5.41, 5.74) is 1.06. The van der Waals surface area contributed by atoms with Crippen LogP contribution in [0.4, 0.5) is 0 Å². The van der Waals surface area contributed by atoms with Gasteiger partial charge in [-0.15, -0.1) is 11.8 Å². The summed E-state index contributed by atoms with van der Waals surface area (Å²) in [4.78, 5) is 37.5. The molecule has 3 rings (SSSR count). The van der Waals surface area contributed by atoms with Crippen molar-refractivity contribution in [3.8, 4) is 0 Å². The van der Waals surface area contributed by atoms with Crippen LogP contribution in [0.3, 0.4) is 0 Å². The maximum atomic E-state index is 12.3. The fraction of sp³-hybridized carbons (Fsp3) is 0.500. The summed E-state index contributed by atoms with van der Waals surface area (Å²) in [6, 6.07) is 6.80. The van der Waals surface area contributed by atoms with Crippen molar-refractivity contribution in [2.45, 2.75) is 37.1 Å². The third-order valence-electron chi connectivity index (χ3n) is 4.71. The molecule has 0 radical (unpaired) electrons. The van der Waals surface area contributed by atoms with Gasteiger partial charge in [-0.1, -0.05) is 23.7 Å². The van der Waals surface area contributed by atoms with Gasteiger partial charge in [0.25, 0.3) is 5.91 Å². The molecule has 2 aliphatic heterocycles. The minimum absolute atomic E-state index is 0.0214. The van der Waals surface area contributed by atoms with Gasteiger partial charge in [0.1, 0.15) is 6.04 Å². The monoisotopic (exact) mass is 396 g/mol. The molecule has 2 heterocycles. The van der Waals surface area contributed by atoms with E-state index in [2.05, 4.69) is 5.32 Å². The van der Waals surface area contributed by atoms with Crippen LogP contribution in [0.25, 0.3) is 0 Å². The van der Waals surface area contributed by atoms with Gasteiger partial charge in [-0.05, 0) is 37.5 Å². The molecule has 0 unspecified atom stereocenters. The van der Waals surface area contributed by atoms with Crippen LogP contribution in [0.2, 0.25) is 5.02 Å². The van der Waals surface area contributed by atoms with E-state index in [-0.39, 0.29) is 23.3 Å². The summed E-state index contributed by atoms with van der Waals surface area (Å²) in [6.07, 6.45) is 1.86. The number of amides is 2. The van der Waals surface area contributed by atoms with Crippen LogP contribution >= 0.6 is 23.4 Å². The molecular weight excluding hydrogens is 376 g/mol. The second-order valence-corrected chi connectivity index (χ2v) is 8.54. The average Bonchev–Trinajstić information content (AvgIpc) is 3.11. The highest BCUT2D eigenvalue weighted by atomic mass is 35.5. The lowest BCUT2D eigenvalue weighted by atomic mass is 10.1. The topological polar surface area (TPSA) is 75.7 Å². The predicted octanol–water partition coefficient (Wildman–Crippen LogP) is 2.00. The molecule has 1 aromatic carbocycles. The van der Waals surface area contributed by atoms with E-state index in [1.54, 1.807) is 28.8 Å². The lowest BCUT2D eigenvalue weighted by molar-refractivity contribution is -0.156. The molecule has 1 N–H and O–H groups in total. The van der Waals surface area contributed by atoms with E-state index < -0.39 is 12.0 Å². The number of rotatable bonds is 6. The van der Waals surface area contributed by atoms with Gasteiger partial charge >= 0.3 is 5.97 Å². The molecule has 0 aromatic heterocycles. The molecule has 0 spiro atoms. The van der Waals surface area contributed by atoms with Crippen molar-refractivity contribution in [3.63, 3.8) is 0 Å². The van der Waals surface area contributed by atoms with Crippen molar-refractivity contribution in [2.75, 3.05) is 18.9 Å². The Morgan fingerprint density at radius 2 is 2.12 bits per heavy atom. The molecule has 2 amide bonds. The maximum Gasteiger partial charge on any atom is 0.330 e. The average molecular weight is 397 g/mol. The first-order valence-electron chi connectivity index (χ1n) is 8.53. The Labute approximate surface area is 161 Å². The Bertz CT molecular complexity index is 712. The van der Waals surface area contributed by atoms with Gasteiger partial charge in [0.05, 0.1) is 4.87 Å². The molecule has 0 bridgehead atoms. The van der Waals surface area contributed by atoms with Gasteiger partial charge in [0.15, 0.2) is 6.61 Å².